The van der Waals surface area contributed by atoms with Crippen LogP contribution >= 0.6 is 0 Å². The van der Waals surface area contributed by atoms with Gasteiger partial charge in [0.2, 0.25) is 0 Å². The second-order valence-corrected chi connectivity index (χ2v) is 6.05. The van der Waals surface area contributed by atoms with Crippen molar-refractivity contribution in [3.8, 4) is 0 Å². The SMILES string of the molecule is Cc1cncc(NS(=O)(=O)c2ccc(C)cc2N)c1. The highest BCUT2D eigenvalue weighted by molar-refractivity contribution is 7.92. The van der Waals surface area contributed by atoms with E-state index in [1.54, 1.807) is 24.4 Å². The maximum absolute atomic E-state index is 12.2. The number of nitrogen functional groups attached to an aromatic ring is 1. The van der Waals surface area contributed by atoms with Gasteiger partial charge < -0.3 is 5.73 Å². The Morgan fingerprint density at radius 3 is 2.47 bits per heavy atom. The van der Waals surface area contributed by atoms with Gasteiger partial charge >= 0.3 is 0 Å². The van der Waals surface area contributed by atoms with Crippen LogP contribution in [0.15, 0.2) is 41.6 Å². The molecule has 0 bridgehead atoms. The van der Waals surface area contributed by atoms with Gasteiger partial charge in [-0.15, -0.1) is 0 Å². The van der Waals surface area contributed by atoms with Crippen LogP contribution in [-0.2, 0) is 10.0 Å². The zero-order chi connectivity index (χ0) is 14.0. The van der Waals surface area contributed by atoms with Gasteiger partial charge in [-0.25, -0.2) is 8.42 Å². The molecule has 0 amide bonds. The molecule has 0 spiro atoms. The highest BCUT2D eigenvalue weighted by atomic mass is 32.2. The summed E-state index contributed by atoms with van der Waals surface area (Å²) in [4.78, 5) is 4.01. The fraction of sp³-hybridized carbons (Fsp3) is 0.154. The molecule has 3 N–H and O–H groups in total. The third-order valence-electron chi connectivity index (χ3n) is 2.58. The fourth-order valence-corrected chi connectivity index (χ4v) is 2.88. The Balaban J connectivity index is 2.38. The normalized spacial score (nSPS) is 11.3. The third kappa shape index (κ3) is 3.03. The predicted molar refractivity (Wildman–Crippen MR) is 75.4 cm³/mol. The van der Waals surface area contributed by atoms with Crippen LogP contribution in [0.2, 0.25) is 0 Å². The van der Waals surface area contributed by atoms with Crippen LogP contribution in [0.3, 0.4) is 0 Å². The van der Waals surface area contributed by atoms with Gasteiger partial charge in [-0.2, -0.15) is 0 Å². The number of sulfonamides is 1. The molecule has 0 radical (unpaired) electrons. The molecule has 19 heavy (non-hydrogen) atoms. The van der Waals surface area contributed by atoms with Gasteiger partial charge in [0.1, 0.15) is 4.90 Å². The van der Waals surface area contributed by atoms with Crippen molar-refractivity contribution in [2.24, 2.45) is 0 Å². The number of pyridine rings is 1. The third-order valence-corrected chi connectivity index (χ3v) is 4.04. The molecule has 0 aliphatic carbocycles. The summed E-state index contributed by atoms with van der Waals surface area (Å²) in [6, 6.07) is 6.54. The first-order valence-corrected chi connectivity index (χ1v) is 7.17. The van der Waals surface area contributed by atoms with Crippen molar-refractivity contribution < 1.29 is 8.42 Å². The molecular weight excluding hydrogens is 262 g/mol. The van der Waals surface area contributed by atoms with Crippen LogP contribution in [0.1, 0.15) is 11.1 Å². The second kappa shape index (κ2) is 4.89. The second-order valence-electron chi connectivity index (χ2n) is 4.40. The van der Waals surface area contributed by atoms with Gasteiger partial charge in [0, 0.05) is 6.20 Å². The van der Waals surface area contributed by atoms with E-state index in [1.165, 1.54) is 12.3 Å². The molecule has 0 aliphatic rings. The number of benzene rings is 1. The molecule has 1 aromatic heterocycles. The summed E-state index contributed by atoms with van der Waals surface area (Å²) in [5.74, 6) is 0. The number of anilines is 2. The highest BCUT2D eigenvalue weighted by Gasteiger charge is 2.17. The number of hydrogen-bond donors (Lipinski definition) is 2. The van der Waals surface area contributed by atoms with E-state index >= 15 is 0 Å². The van der Waals surface area contributed by atoms with Crippen LogP contribution in [-0.4, -0.2) is 13.4 Å². The molecule has 0 aliphatic heterocycles. The summed E-state index contributed by atoms with van der Waals surface area (Å²) in [6.45, 7) is 3.69. The minimum absolute atomic E-state index is 0.0691. The van der Waals surface area contributed by atoms with E-state index in [4.69, 9.17) is 5.73 Å². The minimum Gasteiger partial charge on any atom is -0.398 e. The summed E-state index contributed by atoms with van der Waals surface area (Å²) in [6.07, 6.45) is 3.10. The monoisotopic (exact) mass is 277 g/mol. The van der Waals surface area contributed by atoms with E-state index in [1.807, 2.05) is 13.8 Å². The van der Waals surface area contributed by atoms with Crippen LogP contribution < -0.4 is 10.5 Å². The first kappa shape index (κ1) is 13.4. The molecular formula is C13H15N3O2S. The Hall–Kier alpha value is -2.08. The van der Waals surface area contributed by atoms with Gasteiger partial charge in [0.05, 0.1) is 17.6 Å². The Bertz CT molecular complexity index is 712. The fourth-order valence-electron chi connectivity index (χ4n) is 1.73. The lowest BCUT2D eigenvalue weighted by atomic mass is 10.2. The van der Waals surface area contributed by atoms with Crippen LogP contribution in [0.4, 0.5) is 11.4 Å². The van der Waals surface area contributed by atoms with E-state index in [0.29, 0.717) is 5.69 Å². The minimum atomic E-state index is -3.69. The molecule has 5 nitrogen and oxygen atoms in total. The smallest absolute Gasteiger partial charge is 0.263 e. The highest BCUT2D eigenvalue weighted by Crippen LogP contribution is 2.22. The van der Waals surface area contributed by atoms with Crippen LogP contribution in [0.5, 0.6) is 0 Å². The molecule has 0 fully saturated rings. The van der Waals surface area contributed by atoms with Crippen molar-refractivity contribution in [3.63, 3.8) is 0 Å². The lowest BCUT2D eigenvalue weighted by Crippen LogP contribution is -2.15. The lowest BCUT2D eigenvalue weighted by molar-refractivity contribution is 0.601. The van der Waals surface area contributed by atoms with Crippen molar-refractivity contribution in [1.29, 1.82) is 0 Å². The molecule has 1 heterocycles. The Kier molecular flexibility index (Phi) is 3.44. The van der Waals surface area contributed by atoms with E-state index in [-0.39, 0.29) is 10.6 Å². The summed E-state index contributed by atoms with van der Waals surface area (Å²) < 4.78 is 26.9. The van der Waals surface area contributed by atoms with Crippen molar-refractivity contribution in [1.82, 2.24) is 4.98 Å². The van der Waals surface area contributed by atoms with Crippen molar-refractivity contribution >= 4 is 21.4 Å². The molecule has 2 rings (SSSR count). The maximum atomic E-state index is 12.2. The number of hydrogen-bond acceptors (Lipinski definition) is 4. The summed E-state index contributed by atoms with van der Waals surface area (Å²) in [7, 11) is -3.69. The predicted octanol–water partition coefficient (Wildman–Crippen LogP) is 2.08. The maximum Gasteiger partial charge on any atom is 0.263 e. The van der Waals surface area contributed by atoms with Crippen LogP contribution in [0.25, 0.3) is 0 Å². The number of aromatic nitrogens is 1. The quantitative estimate of drug-likeness (QED) is 0.841. The topological polar surface area (TPSA) is 85.1 Å². The van der Waals surface area contributed by atoms with Crippen LogP contribution in [0, 0.1) is 13.8 Å². The molecule has 0 atom stereocenters. The molecule has 100 valence electrons. The Morgan fingerprint density at radius 1 is 1.11 bits per heavy atom. The molecule has 0 unspecified atom stereocenters. The number of rotatable bonds is 3. The van der Waals surface area contributed by atoms with Gasteiger partial charge in [-0.1, -0.05) is 6.07 Å². The molecule has 0 saturated carbocycles. The standard InChI is InChI=1S/C13H15N3O2S/c1-9-3-4-13(12(14)6-9)19(17,18)16-11-5-10(2)7-15-8-11/h3-8,16H,14H2,1-2H3. The van der Waals surface area contributed by atoms with E-state index in [2.05, 4.69) is 9.71 Å². The van der Waals surface area contributed by atoms with Crippen molar-refractivity contribution in [3.05, 3.63) is 47.8 Å². The van der Waals surface area contributed by atoms with Gasteiger partial charge in [0.15, 0.2) is 0 Å². The zero-order valence-corrected chi connectivity index (χ0v) is 11.5. The van der Waals surface area contributed by atoms with Gasteiger partial charge in [-0.3, -0.25) is 9.71 Å². The number of nitrogens with one attached hydrogen (secondary N) is 1. The van der Waals surface area contributed by atoms with E-state index in [0.717, 1.165) is 11.1 Å². The Morgan fingerprint density at radius 2 is 1.84 bits per heavy atom. The average molecular weight is 277 g/mol. The number of nitrogens with two attached hydrogens (primary N) is 1. The summed E-state index contributed by atoms with van der Waals surface area (Å²) in [5.41, 5.74) is 8.19. The molecule has 6 heteroatoms. The van der Waals surface area contributed by atoms with Gasteiger partial charge in [0.25, 0.3) is 10.0 Å². The lowest BCUT2D eigenvalue weighted by Gasteiger charge is -2.10. The largest absolute Gasteiger partial charge is 0.398 e. The molecule has 0 saturated heterocycles. The number of nitrogens with zero attached hydrogens (tertiary/aromatic N) is 1. The first-order chi connectivity index (χ1) is 8.88. The van der Waals surface area contributed by atoms with E-state index < -0.39 is 10.0 Å². The molecule has 2 aromatic rings. The van der Waals surface area contributed by atoms with Crippen molar-refractivity contribution in [2.75, 3.05) is 10.5 Å². The Labute approximate surface area is 112 Å². The first-order valence-electron chi connectivity index (χ1n) is 5.69. The van der Waals surface area contributed by atoms with Gasteiger partial charge in [-0.05, 0) is 43.2 Å². The average Bonchev–Trinajstić information content (AvgIpc) is 2.27. The summed E-state index contributed by atoms with van der Waals surface area (Å²) >= 11 is 0. The van der Waals surface area contributed by atoms with Crippen molar-refractivity contribution in [2.45, 2.75) is 18.7 Å². The summed E-state index contributed by atoms with van der Waals surface area (Å²) in [5, 5.41) is 0. The molecule has 1 aromatic carbocycles. The van der Waals surface area contributed by atoms with E-state index in [9.17, 15) is 8.42 Å². The number of aryl methyl sites for hydroxylation is 2. The zero-order valence-electron chi connectivity index (χ0n) is 10.7.